The van der Waals surface area contributed by atoms with Crippen LogP contribution in [0.5, 0.6) is 23.0 Å². The van der Waals surface area contributed by atoms with Gasteiger partial charge in [-0.25, -0.2) is 0 Å². The van der Waals surface area contributed by atoms with Crippen LogP contribution in [0.4, 0.5) is 0 Å². The molecule has 0 atom stereocenters. The van der Waals surface area contributed by atoms with Crippen LogP contribution in [0, 0.1) is 49.4 Å². The zero-order valence-corrected chi connectivity index (χ0v) is 30.8. The van der Waals surface area contributed by atoms with Crippen LogP contribution in [0.1, 0.15) is 67.2 Å². The lowest BCUT2D eigenvalue weighted by Gasteiger charge is -2.34. The van der Waals surface area contributed by atoms with Crippen molar-refractivity contribution in [2.24, 2.45) is 0 Å². The molecule has 0 aromatic heterocycles. The van der Waals surface area contributed by atoms with Crippen molar-refractivity contribution < 1.29 is 18.9 Å². The van der Waals surface area contributed by atoms with Crippen molar-refractivity contribution in [3.8, 4) is 94.6 Å². The van der Waals surface area contributed by atoms with E-state index in [0.29, 0.717) is 28.9 Å². The molecule has 5 aromatic rings. The molecular weight excluding hydrogens is 665 g/mol. The van der Waals surface area contributed by atoms with Crippen LogP contribution in [-0.4, -0.2) is 26.4 Å². The van der Waals surface area contributed by atoms with Gasteiger partial charge in [0.1, 0.15) is 49.4 Å². The monoisotopic (exact) mass is 708 g/mol. The fraction of sp³-hybridized carbons (Fsp3) is 0.240. The number of rotatable bonds is 14. The summed E-state index contributed by atoms with van der Waals surface area (Å²) >= 11 is 0. The first-order valence-electron chi connectivity index (χ1n) is 18.3. The maximum absolute atomic E-state index is 6.15. The van der Waals surface area contributed by atoms with E-state index in [1.54, 1.807) is 0 Å². The second kappa shape index (κ2) is 17.8. The minimum atomic E-state index is -0.673. The highest BCUT2D eigenvalue weighted by Gasteiger charge is 2.34. The Labute approximate surface area is 320 Å². The van der Waals surface area contributed by atoms with Gasteiger partial charge in [0.2, 0.25) is 0 Å². The Morgan fingerprint density at radius 2 is 0.870 bits per heavy atom. The van der Waals surface area contributed by atoms with E-state index in [1.165, 1.54) is 37.7 Å². The van der Waals surface area contributed by atoms with Gasteiger partial charge in [-0.3, -0.25) is 0 Å². The van der Waals surface area contributed by atoms with E-state index in [-0.39, 0.29) is 26.4 Å². The van der Waals surface area contributed by atoms with E-state index < -0.39 is 5.41 Å². The smallest absolute Gasteiger partial charge is 0.148 e. The van der Waals surface area contributed by atoms with Crippen LogP contribution in [0.25, 0.3) is 22.3 Å². The third-order valence-electron chi connectivity index (χ3n) is 10.3. The van der Waals surface area contributed by atoms with Gasteiger partial charge >= 0.3 is 0 Å². The summed E-state index contributed by atoms with van der Waals surface area (Å²) < 4.78 is 24.4. The predicted octanol–water partition coefficient (Wildman–Crippen LogP) is 10.5. The van der Waals surface area contributed by atoms with Gasteiger partial charge in [0.15, 0.2) is 0 Å². The van der Waals surface area contributed by atoms with E-state index in [9.17, 15) is 0 Å². The Morgan fingerprint density at radius 1 is 0.481 bits per heavy atom. The van der Waals surface area contributed by atoms with Crippen LogP contribution in [0.3, 0.4) is 0 Å². The molecule has 6 rings (SSSR count). The van der Waals surface area contributed by atoms with Crippen molar-refractivity contribution in [1.29, 1.82) is 0 Å². The summed E-state index contributed by atoms with van der Waals surface area (Å²) in [5.41, 5.74) is 7.26. The fourth-order valence-corrected chi connectivity index (χ4v) is 7.49. The quantitative estimate of drug-likeness (QED) is 0.0850. The Morgan fingerprint density at radius 3 is 1.30 bits per heavy atom. The molecule has 1 aliphatic rings. The number of ether oxygens (including phenoxy) is 4. The van der Waals surface area contributed by atoms with Gasteiger partial charge in [0.25, 0.3) is 0 Å². The normalized spacial score (nSPS) is 12.7. The Bertz CT molecular complexity index is 2100. The maximum Gasteiger partial charge on any atom is 0.148 e. The Kier molecular flexibility index (Phi) is 12.3. The first-order chi connectivity index (χ1) is 26.5. The van der Waals surface area contributed by atoms with E-state index in [1.807, 2.05) is 60.7 Å². The lowest BCUT2D eigenvalue weighted by molar-refractivity contribution is 0.366. The summed E-state index contributed by atoms with van der Waals surface area (Å²) in [6.07, 6.45) is 28.8. The van der Waals surface area contributed by atoms with Crippen molar-refractivity contribution in [2.45, 2.75) is 50.4 Å². The van der Waals surface area contributed by atoms with E-state index >= 15 is 0 Å². The summed E-state index contributed by atoms with van der Waals surface area (Å²) in [5.74, 6) is 13.5. The van der Waals surface area contributed by atoms with Gasteiger partial charge in [-0.05, 0) is 84.3 Å². The van der Waals surface area contributed by atoms with Gasteiger partial charge < -0.3 is 18.9 Å². The number of para-hydroxylation sites is 2. The summed E-state index contributed by atoms with van der Waals surface area (Å²) in [4.78, 5) is 0. The highest BCUT2D eigenvalue weighted by molar-refractivity contribution is 5.79. The highest BCUT2D eigenvalue weighted by Crippen LogP contribution is 2.47. The molecule has 1 fully saturated rings. The van der Waals surface area contributed by atoms with E-state index in [4.69, 9.17) is 44.6 Å². The summed E-state index contributed by atoms with van der Waals surface area (Å²) in [6.45, 7) is 2.75. The number of hydrogen-bond donors (Lipinski definition) is 0. The molecule has 4 heteroatoms. The van der Waals surface area contributed by atoms with Crippen LogP contribution in [-0.2, 0) is 5.41 Å². The van der Waals surface area contributed by atoms with Crippen molar-refractivity contribution in [1.82, 2.24) is 0 Å². The molecule has 54 heavy (non-hydrogen) atoms. The largest absolute Gasteiger partial charge is 0.480 e. The molecule has 0 saturated heterocycles. The average molecular weight is 709 g/mol. The van der Waals surface area contributed by atoms with Crippen molar-refractivity contribution >= 4 is 0 Å². The van der Waals surface area contributed by atoms with Crippen molar-refractivity contribution in [3.05, 3.63) is 131 Å². The van der Waals surface area contributed by atoms with Crippen LogP contribution in [0.2, 0.25) is 0 Å². The van der Waals surface area contributed by atoms with Crippen molar-refractivity contribution in [2.75, 3.05) is 26.4 Å². The molecule has 0 heterocycles. The zero-order valence-electron chi connectivity index (χ0n) is 30.8. The predicted molar refractivity (Wildman–Crippen MR) is 219 cm³/mol. The highest BCUT2D eigenvalue weighted by atomic mass is 16.5. The molecule has 0 N–H and O–H groups in total. The van der Waals surface area contributed by atoms with Crippen LogP contribution >= 0.6 is 0 Å². The SMILES string of the molecule is C#CCOc1ccccc1-c1cc(C(C)(c2ccc(C3CCCCC3)cc2)c2ccc(OCC#C)c(-c3ccccc3OCC#C)c2)ccc1OCC#C. The molecule has 0 spiro atoms. The topological polar surface area (TPSA) is 36.9 Å². The molecule has 0 aliphatic heterocycles. The van der Waals surface area contributed by atoms with Gasteiger partial charge in [0.05, 0.1) is 0 Å². The zero-order chi connectivity index (χ0) is 37.8. The Balaban J connectivity index is 1.59. The fourth-order valence-electron chi connectivity index (χ4n) is 7.49. The number of hydrogen-bond acceptors (Lipinski definition) is 4. The molecule has 0 amide bonds. The summed E-state index contributed by atoms with van der Waals surface area (Å²) in [7, 11) is 0. The third-order valence-corrected chi connectivity index (χ3v) is 10.3. The lowest BCUT2D eigenvalue weighted by atomic mass is 9.69. The minimum absolute atomic E-state index is 0.114. The van der Waals surface area contributed by atoms with Gasteiger partial charge in [-0.1, -0.05) is 116 Å². The van der Waals surface area contributed by atoms with Crippen molar-refractivity contribution in [3.63, 3.8) is 0 Å². The first kappa shape index (κ1) is 37.3. The summed E-state index contributed by atoms with van der Waals surface area (Å²) in [6, 6.07) is 37.4. The standard InChI is InChI=1S/C50H44O4/c1-6-31-51-46-21-15-13-19-42(46)44-35-40(27-29-48(44)53-33-8-3)50(5,39-25-23-38(24-26-39)37-17-11-10-12-18-37)41-28-30-49(54-34-9-4)45(36-41)43-20-14-16-22-47(43)52-32-7-2/h1-4,13-16,19-30,35-37H,10-12,17-18,31-34H2,5H3. The molecular formula is C50H44O4. The lowest BCUT2D eigenvalue weighted by Crippen LogP contribution is -2.26. The van der Waals surface area contributed by atoms with Crippen LogP contribution < -0.4 is 18.9 Å². The molecule has 1 saturated carbocycles. The second-order valence-electron chi connectivity index (χ2n) is 13.5. The molecule has 1 aliphatic carbocycles. The molecule has 0 unspecified atom stereocenters. The minimum Gasteiger partial charge on any atom is -0.480 e. The molecule has 0 radical (unpaired) electrons. The molecule has 0 bridgehead atoms. The van der Waals surface area contributed by atoms with E-state index in [2.05, 4.69) is 79.1 Å². The molecule has 268 valence electrons. The first-order valence-corrected chi connectivity index (χ1v) is 18.3. The van der Waals surface area contributed by atoms with Gasteiger partial charge in [-0.2, -0.15) is 0 Å². The van der Waals surface area contributed by atoms with Gasteiger partial charge in [0, 0.05) is 27.7 Å². The summed E-state index contributed by atoms with van der Waals surface area (Å²) in [5, 5.41) is 0. The molecule has 5 aromatic carbocycles. The number of terminal acetylenes is 4. The second-order valence-corrected chi connectivity index (χ2v) is 13.5. The average Bonchev–Trinajstić information content (AvgIpc) is 3.23. The third kappa shape index (κ3) is 8.11. The molecule has 4 nitrogen and oxygen atoms in total. The van der Waals surface area contributed by atoms with E-state index in [0.717, 1.165) is 38.9 Å². The number of benzene rings is 5. The van der Waals surface area contributed by atoms with Gasteiger partial charge in [-0.15, -0.1) is 25.7 Å². The Hall–Kier alpha value is -6.46. The maximum atomic E-state index is 6.15. The van der Waals surface area contributed by atoms with Crippen LogP contribution in [0.15, 0.2) is 109 Å².